The summed E-state index contributed by atoms with van der Waals surface area (Å²) in [5, 5.41) is 0. The summed E-state index contributed by atoms with van der Waals surface area (Å²) in [5.74, 6) is -11.8. The average molecular weight is 381 g/mol. The first kappa shape index (κ1) is 18.1. The Morgan fingerprint density at radius 3 is 1.92 bits per heavy atom. The summed E-state index contributed by atoms with van der Waals surface area (Å²) in [5.41, 5.74) is 0.0460. The summed E-state index contributed by atoms with van der Waals surface area (Å²) in [6.45, 7) is -0.180. The minimum atomic E-state index is -2.23. The van der Waals surface area contributed by atoms with E-state index in [9.17, 15) is 30.7 Å². The molecule has 0 unspecified atom stereocenters. The van der Waals surface area contributed by atoms with Crippen molar-refractivity contribution in [1.29, 1.82) is 0 Å². The molecule has 0 amide bonds. The normalized spacial score (nSPS) is 14.4. The van der Waals surface area contributed by atoms with E-state index in [2.05, 4.69) is 0 Å². The molecule has 1 aliphatic rings. The number of benzene rings is 2. The zero-order chi connectivity index (χ0) is 18.3. The third-order valence-corrected chi connectivity index (χ3v) is 4.88. The van der Waals surface area contributed by atoms with Crippen molar-refractivity contribution < 1.29 is 30.7 Å². The first-order valence-corrected chi connectivity index (χ1v) is 7.97. The van der Waals surface area contributed by atoms with Crippen LogP contribution >= 0.6 is 11.9 Å². The lowest BCUT2D eigenvalue weighted by Crippen LogP contribution is -2.20. The van der Waals surface area contributed by atoms with Crippen molar-refractivity contribution in [3.8, 4) is 0 Å². The molecule has 1 nitrogen and oxygen atoms in total. The maximum absolute atomic E-state index is 13.8. The second-order valence-corrected chi connectivity index (χ2v) is 6.59. The van der Waals surface area contributed by atoms with Gasteiger partial charge in [0.25, 0.3) is 0 Å². The van der Waals surface area contributed by atoms with Crippen LogP contribution < -0.4 is 0 Å². The molecular formula is C16H10F7NS. The molecule has 0 heterocycles. The van der Waals surface area contributed by atoms with E-state index in [1.54, 1.807) is 0 Å². The van der Waals surface area contributed by atoms with Gasteiger partial charge in [0.15, 0.2) is 23.3 Å². The molecule has 3 rings (SSSR count). The van der Waals surface area contributed by atoms with Crippen LogP contribution in [-0.4, -0.2) is 10.3 Å². The molecule has 0 bridgehead atoms. The van der Waals surface area contributed by atoms with Crippen molar-refractivity contribution in [1.82, 2.24) is 4.31 Å². The molecule has 0 atom stereocenters. The highest BCUT2D eigenvalue weighted by Crippen LogP contribution is 2.40. The lowest BCUT2D eigenvalue weighted by molar-refractivity contribution is 0.358. The number of hydrogen-bond acceptors (Lipinski definition) is 2. The van der Waals surface area contributed by atoms with Gasteiger partial charge in [0, 0.05) is 24.2 Å². The quantitative estimate of drug-likeness (QED) is 0.298. The van der Waals surface area contributed by atoms with Crippen molar-refractivity contribution in [2.24, 2.45) is 0 Å². The molecule has 0 radical (unpaired) electrons. The largest absolute Gasteiger partial charge is 0.239 e. The third-order valence-electron chi connectivity index (χ3n) is 3.67. The molecule has 0 spiro atoms. The highest BCUT2D eigenvalue weighted by atomic mass is 32.2. The first-order valence-electron chi connectivity index (χ1n) is 7.19. The van der Waals surface area contributed by atoms with Crippen molar-refractivity contribution in [3.05, 3.63) is 64.5 Å². The molecule has 0 saturated heterocycles. The highest BCUT2D eigenvalue weighted by molar-refractivity contribution is 7.97. The molecule has 1 aliphatic carbocycles. The Hall–Kier alpha value is -1.74. The zero-order valence-electron chi connectivity index (χ0n) is 12.4. The van der Waals surface area contributed by atoms with Gasteiger partial charge in [-0.1, -0.05) is 6.07 Å². The molecule has 1 fully saturated rings. The number of nitrogens with zero attached hydrogens (tertiary/aromatic N) is 1. The third kappa shape index (κ3) is 3.62. The standard InChI is InChI=1S/C16H10F7NS/c17-8-2-1-7(10(18)5-8)6-24(9-3-4-9)25-16-14(22)12(20)11(19)13(21)15(16)23/h1-2,5,9H,3-4,6H2. The predicted molar refractivity (Wildman–Crippen MR) is 77.0 cm³/mol. The molecule has 0 aliphatic heterocycles. The Kier molecular flexibility index (Phi) is 4.97. The van der Waals surface area contributed by atoms with Crippen LogP contribution in [-0.2, 0) is 6.54 Å². The Balaban J connectivity index is 1.91. The molecular weight excluding hydrogens is 371 g/mol. The van der Waals surface area contributed by atoms with Gasteiger partial charge in [-0.05, 0) is 30.9 Å². The monoisotopic (exact) mass is 381 g/mol. The fraction of sp³-hybridized carbons (Fsp3) is 0.250. The first-order chi connectivity index (χ1) is 11.8. The van der Waals surface area contributed by atoms with Crippen LogP contribution in [0.3, 0.4) is 0 Å². The summed E-state index contributed by atoms with van der Waals surface area (Å²) >= 11 is 0.334. The molecule has 0 N–H and O–H groups in total. The maximum atomic E-state index is 13.8. The van der Waals surface area contributed by atoms with Gasteiger partial charge in [0.05, 0.1) is 0 Å². The van der Waals surface area contributed by atoms with Gasteiger partial charge in [-0.15, -0.1) is 0 Å². The summed E-state index contributed by atoms with van der Waals surface area (Å²) < 4.78 is 95.4. The molecule has 2 aromatic carbocycles. The molecule has 0 aromatic heterocycles. The second kappa shape index (κ2) is 6.87. The van der Waals surface area contributed by atoms with Crippen LogP contribution in [0.25, 0.3) is 0 Å². The smallest absolute Gasteiger partial charge is 0.200 e. The van der Waals surface area contributed by atoms with Gasteiger partial charge in [0.2, 0.25) is 5.82 Å². The van der Waals surface area contributed by atoms with Gasteiger partial charge >= 0.3 is 0 Å². The lowest BCUT2D eigenvalue weighted by atomic mass is 10.2. The van der Waals surface area contributed by atoms with Crippen LogP contribution in [0, 0.1) is 40.7 Å². The van der Waals surface area contributed by atoms with E-state index in [1.807, 2.05) is 0 Å². The SMILES string of the molecule is Fc1ccc(CN(Sc2c(F)c(F)c(F)c(F)c2F)C2CC2)c(F)c1. The number of hydrogen-bond donors (Lipinski definition) is 0. The zero-order valence-corrected chi connectivity index (χ0v) is 13.2. The molecule has 9 heteroatoms. The van der Waals surface area contributed by atoms with Gasteiger partial charge in [-0.25, -0.2) is 35.0 Å². The maximum Gasteiger partial charge on any atom is 0.200 e. The van der Waals surface area contributed by atoms with E-state index in [0.29, 0.717) is 30.9 Å². The van der Waals surface area contributed by atoms with Crippen molar-refractivity contribution in [3.63, 3.8) is 0 Å². The average Bonchev–Trinajstić information content (AvgIpc) is 3.41. The number of halogens is 7. The van der Waals surface area contributed by atoms with Crippen molar-refractivity contribution in [2.45, 2.75) is 30.3 Å². The van der Waals surface area contributed by atoms with E-state index in [4.69, 9.17) is 0 Å². The molecule has 134 valence electrons. The van der Waals surface area contributed by atoms with E-state index in [-0.39, 0.29) is 18.2 Å². The Morgan fingerprint density at radius 2 is 1.40 bits per heavy atom. The molecule has 1 saturated carbocycles. The summed E-state index contributed by atoms with van der Waals surface area (Å²) in [7, 11) is 0. The topological polar surface area (TPSA) is 3.24 Å². The van der Waals surface area contributed by atoms with Gasteiger partial charge < -0.3 is 0 Å². The van der Waals surface area contributed by atoms with Gasteiger partial charge in [-0.2, -0.15) is 0 Å². The minimum absolute atomic E-state index is 0.0460. The van der Waals surface area contributed by atoms with Crippen molar-refractivity contribution in [2.75, 3.05) is 0 Å². The van der Waals surface area contributed by atoms with Crippen LogP contribution in [0.4, 0.5) is 30.7 Å². The fourth-order valence-corrected chi connectivity index (χ4v) is 3.34. The van der Waals surface area contributed by atoms with Crippen molar-refractivity contribution >= 4 is 11.9 Å². The van der Waals surface area contributed by atoms with E-state index in [1.165, 1.54) is 10.4 Å². The Morgan fingerprint density at radius 1 is 0.840 bits per heavy atom. The summed E-state index contributed by atoms with van der Waals surface area (Å²) in [6.07, 6.45) is 1.26. The van der Waals surface area contributed by atoms with Crippen LogP contribution in [0.15, 0.2) is 23.1 Å². The summed E-state index contributed by atoms with van der Waals surface area (Å²) in [4.78, 5) is -1.05. The van der Waals surface area contributed by atoms with E-state index in [0.717, 1.165) is 6.07 Å². The van der Waals surface area contributed by atoms with E-state index >= 15 is 0 Å². The Bertz CT molecular complexity index is 794. The number of rotatable bonds is 5. The molecule has 2 aromatic rings. The second-order valence-electron chi connectivity index (χ2n) is 5.53. The predicted octanol–water partition coefficient (Wildman–Crippen LogP) is 5.33. The fourth-order valence-electron chi connectivity index (χ4n) is 2.20. The van der Waals surface area contributed by atoms with Crippen LogP contribution in [0.5, 0.6) is 0 Å². The van der Waals surface area contributed by atoms with Gasteiger partial charge in [-0.3, -0.25) is 0 Å². The minimum Gasteiger partial charge on any atom is -0.239 e. The van der Waals surface area contributed by atoms with Crippen LogP contribution in [0.2, 0.25) is 0 Å². The van der Waals surface area contributed by atoms with Crippen LogP contribution in [0.1, 0.15) is 18.4 Å². The summed E-state index contributed by atoms with van der Waals surface area (Å²) in [6, 6.07) is 2.64. The Labute approximate surface area is 142 Å². The van der Waals surface area contributed by atoms with E-state index < -0.39 is 45.6 Å². The highest BCUT2D eigenvalue weighted by Gasteiger charge is 2.34. The van der Waals surface area contributed by atoms with Gasteiger partial charge in [0.1, 0.15) is 16.5 Å². The lowest BCUT2D eigenvalue weighted by Gasteiger charge is -2.22. The molecule has 25 heavy (non-hydrogen) atoms.